The van der Waals surface area contributed by atoms with E-state index in [1.54, 1.807) is 37.7 Å². The second-order valence-electron chi connectivity index (χ2n) is 3.57. The van der Waals surface area contributed by atoms with Crippen molar-refractivity contribution in [1.29, 1.82) is 0 Å². The molecule has 0 aliphatic carbocycles. The van der Waals surface area contributed by atoms with Crippen molar-refractivity contribution in [2.45, 2.75) is 0 Å². The van der Waals surface area contributed by atoms with Crippen LogP contribution in [0.2, 0.25) is 5.02 Å². The Morgan fingerprint density at radius 2 is 2.11 bits per heavy atom. The van der Waals surface area contributed by atoms with Crippen LogP contribution in [0, 0.1) is 0 Å². The molecule has 0 saturated carbocycles. The van der Waals surface area contributed by atoms with Crippen molar-refractivity contribution < 1.29 is 4.74 Å². The summed E-state index contributed by atoms with van der Waals surface area (Å²) in [5, 5.41) is 12.7. The molecule has 3 aromatic rings. The zero-order chi connectivity index (χ0) is 12.5. The summed E-state index contributed by atoms with van der Waals surface area (Å²) in [6.07, 6.45) is 3.26. The van der Waals surface area contributed by atoms with E-state index < -0.39 is 0 Å². The lowest BCUT2D eigenvalue weighted by atomic mass is 10.3. The number of benzene rings is 1. The highest BCUT2D eigenvalue weighted by molar-refractivity contribution is 6.31. The Morgan fingerprint density at radius 3 is 2.89 bits per heavy atom. The minimum Gasteiger partial charge on any atom is -0.493 e. The lowest BCUT2D eigenvalue weighted by molar-refractivity contribution is 0.414. The fourth-order valence-corrected chi connectivity index (χ4v) is 1.68. The Hall–Kier alpha value is -2.21. The molecule has 0 atom stereocenters. The Kier molecular flexibility index (Phi) is 2.56. The molecule has 3 rings (SSSR count). The van der Waals surface area contributed by atoms with Gasteiger partial charge < -0.3 is 4.74 Å². The molecule has 0 unspecified atom stereocenters. The van der Waals surface area contributed by atoms with Crippen molar-refractivity contribution in [2.24, 2.45) is 0 Å². The molecule has 0 bridgehead atoms. The predicted molar refractivity (Wildman–Crippen MR) is 66.0 cm³/mol. The van der Waals surface area contributed by atoms with Crippen molar-refractivity contribution in [3.8, 4) is 11.7 Å². The summed E-state index contributed by atoms with van der Waals surface area (Å²) >= 11 is 5.87. The van der Waals surface area contributed by atoms with Crippen LogP contribution in [0.5, 0.6) is 5.75 Å². The molecule has 7 heteroatoms. The van der Waals surface area contributed by atoms with Crippen LogP contribution in [-0.4, -0.2) is 32.1 Å². The molecule has 0 saturated heterocycles. The molecular weight excluding hydrogens is 254 g/mol. The number of fused-ring (bicyclic) bond motifs is 1. The average Bonchev–Trinajstić information content (AvgIpc) is 2.87. The van der Waals surface area contributed by atoms with E-state index in [0.717, 1.165) is 0 Å². The third-order valence-corrected chi connectivity index (χ3v) is 2.64. The molecule has 0 amide bonds. The van der Waals surface area contributed by atoms with Crippen molar-refractivity contribution in [3.05, 3.63) is 35.6 Å². The standard InChI is InChI=1S/C11H8ClN5O/c1-18-8-5-13-17(6-8)11-14-9-3-2-7(12)4-10(9)15-16-11/h2-6H,1H3. The minimum absolute atomic E-state index is 0.383. The molecule has 2 aromatic heterocycles. The highest BCUT2D eigenvalue weighted by Gasteiger charge is 2.06. The number of ether oxygens (including phenoxy) is 1. The normalized spacial score (nSPS) is 10.8. The number of nitrogens with zero attached hydrogens (tertiary/aromatic N) is 5. The van der Waals surface area contributed by atoms with Gasteiger partial charge in [-0.3, -0.25) is 0 Å². The van der Waals surface area contributed by atoms with Crippen LogP contribution >= 0.6 is 11.6 Å². The molecular formula is C11H8ClN5O. The summed E-state index contributed by atoms with van der Waals surface area (Å²) in [6, 6.07) is 5.26. The lowest BCUT2D eigenvalue weighted by Crippen LogP contribution is -2.03. The molecule has 2 heterocycles. The molecule has 0 aliphatic heterocycles. The molecule has 0 radical (unpaired) electrons. The first-order valence-corrected chi connectivity index (χ1v) is 5.53. The second kappa shape index (κ2) is 4.23. The van der Waals surface area contributed by atoms with E-state index >= 15 is 0 Å². The molecule has 0 aliphatic rings. The Morgan fingerprint density at radius 1 is 1.22 bits per heavy atom. The van der Waals surface area contributed by atoms with Gasteiger partial charge in [0, 0.05) is 5.02 Å². The summed E-state index contributed by atoms with van der Waals surface area (Å²) in [5.41, 5.74) is 1.35. The van der Waals surface area contributed by atoms with Crippen LogP contribution in [0.25, 0.3) is 17.0 Å². The number of aromatic nitrogens is 5. The fourth-order valence-electron chi connectivity index (χ4n) is 1.52. The highest BCUT2D eigenvalue weighted by Crippen LogP contribution is 2.16. The molecule has 6 nitrogen and oxygen atoms in total. The van der Waals surface area contributed by atoms with Gasteiger partial charge in [0.05, 0.1) is 25.0 Å². The Balaban J connectivity index is 2.10. The zero-order valence-electron chi connectivity index (χ0n) is 9.41. The first-order valence-electron chi connectivity index (χ1n) is 5.15. The van der Waals surface area contributed by atoms with Gasteiger partial charge in [-0.05, 0) is 18.2 Å². The summed E-state index contributed by atoms with van der Waals surface area (Å²) in [4.78, 5) is 4.35. The summed E-state index contributed by atoms with van der Waals surface area (Å²) in [5.74, 6) is 1.02. The van der Waals surface area contributed by atoms with Gasteiger partial charge >= 0.3 is 0 Å². The van der Waals surface area contributed by atoms with Crippen LogP contribution < -0.4 is 4.74 Å². The highest BCUT2D eigenvalue weighted by atomic mass is 35.5. The van der Waals surface area contributed by atoms with Gasteiger partial charge in [0.2, 0.25) is 0 Å². The molecule has 90 valence electrons. The molecule has 0 fully saturated rings. The van der Waals surface area contributed by atoms with E-state index in [-0.39, 0.29) is 0 Å². The lowest BCUT2D eigenvalue weighted by Gasteiger charge is -2.00. The van der Waals surface area contributed by atoms with Crippen molar-refractivity contribution in [3.63, 3.8) is 0 Å². The third-order valence-electron chi connectivity index (χ3n) is 2.40. The van der Waals surface area contributed by atoms with Crippen molar-refractivity contribution in [1.82, 2.24) is 25.0 Å². The smallest absolute Gasteiger partial charge is 0.270 e. The second-order valence-corrected chi connectivity index (χ2v) is 4.01. The van der Waals surface area contributed by atoms with Gasteiger partial charge in [0.25, 0.3) is 5.95 Å². The van der Waals surface area contributed by atoms with Crippen LogP contribution in [-0.2, 0) is 0 Å². The SMILES string of the molecule is COc1cnn(-c2nnc3cc(Cl)ccc3n2)c1. The number of hydrogen-bond donors (Lipinski definition) is 0. The maximum absolute atomic E-state index is 5.87. The molecule has 0 spiro atoms. The number of methoxy groups -OCH3 is 1. The monoisotopic (exact) mass is 261 g/mol. The van der Waals surface area contributed by atoms with Gasteiger partial charge in [0.15, 0.2) is 5.75 Å². The predicted octanol–water partition coefficient (Wildman–Crippen LogP) is 1.87. The van der Waals surface area contributed by atoms with Gasteiger partial charge in [-0.1, -0.05) is 11.6 Å². The zero-order valence-corrected chi connectivity index (χ0v) is 10.2. The summed E-state index contributed by atoms with van der Waals surface area (Å²) in [7, 11) is 1.57. The molecule has 0 N–H and O–H groups in total. The van der Waals surface area contributed by atoms with Gasteiger partial charge in [-0.15, -0.1) is 10.2 Å². The Bertz CT molecular complexity index is 711. The van der Waals surface area contributed by atoms with Gasteiger partial charge in [-0.2, -0.15) is 5.10 Å². The van der Waals surface area contributed by atoms with E-state index in [4.69, 9.17) is 16.3 Å². The van der Waals surface area contributed by atoms with Gasteiger partial charge in [-0.25, -0.2) is 9.67 Å². The van der Waals surface area contributed by atoms with Crippen LogP contribution in [0.15, 0.2) is 30.6 Å². The van der Waals surface area contributed by atoms with Crippen LogP contribution in [0.4, 0.5) is 0 Å². The topological polar surface area (TPSA) is 65.7 Å². The quantitative estimate of drug-likeness (QED) is 0.705. The van der Waals surface area contributed by atoms with Gasteiger partial charge in [0.1, 0.15) is 5.52 Å². The van der Waals surface area contributed by atoms with Crippen molar-refractivity contribution in [2.75, 3.05) is 7.11 Å². The number of rotatable bonds is 2. The van der Waals surface area contributed by atoms with Crippen molar-refractivity contribution >= 4 is 22.6 Å². The fraction of sp³-hybridized carbons (Fsp3) is 0.0909. The number of hydrogen-bond acceptors (Lipinski definition) is 5. The third kappa shape index (κ3) is 1.86. The van der Waals surface area contributed by atoms with Crippen LogP contribution in [0.3, 0.4) is 0 Å². The minimum atomic E-state index is 0.383. The average molecular weight is 262 g/mol. The summed E-state index contributed by atoms with van der Waals surface area (Å²) in [6.45, 7) is 0. The molecule has 1 aromatic carbocycles. The van der Waals surface area contributed by atoms with E-state index in [0.29, 0.717) is 27.8 Å². The largest absolute Gasteiger partial charge is 0.493 e. The van der Waals surface area contributed by atoms with E-state index in [1.807, 2.05) is 0 Å². The first-order chi connectivity index (χ1) is 8.76. The maximum atomic E-state index is 5.87. The van der Waals surface area contributed by atoms with E-state index in [9.17, 15) is 0 Å². The van der Waals surface area contributed by atoms with Crippen LogP contribution in [0.1, 0.15) is 0 Å². The van der Waals surface area contributed by atoms with E-state index in [2.05, 4.69) is 20.3 Å². The first kappa shape index (κ1) is 10.9. The number of halogens is 1. The Labute approximate surface area is 107 Å². The molecule has 18 heavy (non-hydrogen) atoms. The maximum Gasteiger partial charge on any atom is 0.270 e. The van der Waals surface area contributed by atoms with E-state index in [1.165, 1.54) is 4.68 Å². The summed E-state index contributed by atoms with van der Waals surface area (Å²) < 4.78 is 6.54.